The Morgan fingerprint density at radius 3 is 2.65 bits per heavy atom. The summed E-state index contributed by atoms with van der Waals surface area (Å²) in [6.07, 6.45) is 0.801. The molecule has 0 atom stereocenters. The molecule has 1 aromatic carbocycles. The third kappa shape index (κ3) is 3.57. The second-order valence-corrected chi connectivity index (χ2v) is 4.82. The van der Waals surface area contributed by atoms with Gasteiger partial charge in [-0.3, -0.25) is 9.59 Å². The lowest BCUT2D eigenvalue weighted by atomic mass is 10.0. The van der Waals surface area contributed by atoms with Gasteiger partial charge < -0.3 is 15.5 Å². The van der Waals surface area contributed by atoms with Crippen molar-refractivity contribution in [3.05, 3.63) is 35.4 Å². The molecule has 5 heteroatoms. The van der Waals surface area contributed by atoms with E-state index in [1.165, 1.54) is 0 Å². The number of hydrogen-bond donors (Lipinski definition) is 2. The van der Waals surface area contributed by atoms with Crippen LogP contribution in [0.4, 0.5) is 0 Å². The first-order chi connectivity index (χ1) is 9.72. The first-order valence-electron chi connectivity index (χ1n) is 7.07. The lowest BCUT2D eigenvalue weighted by Gasteiger charge is -2.27. The molecule has 1 aromatic rings. The first-order valence-corrected chi connectivity index (χ1v) is 7.07. The van der Waals surface area contributed by atoms with Crippen LogP contribution in [0.1, 0.15) is 22.8 Å². The Kier molecular flexibility index (Phi) is 5.12. The number of amides is 2. The number of nitrogens with zero attached hydrogens (tertiary/aromatic N) is 1. The summed E-state index contributed by atoms with van der Waals surface area (Å²) in [5.41, 5.74) is 1.66. The van der Waals surface area contributed by atoms with Crippen LogP contribution in [0.15, 0.2) is 24.3 Å². The summed E-state index contributed by atoms with van der Waals surface area (Å²) in [4.78, 5) is 25.9. The van der Waals surface area contributed by atoms with Gasteiger partial charge in [0, 0.05) is 31.7 Å². The van der Waals surface area contributed by atoms with Gasteiger partial charge in [-0.05, 0) is 18.1 Å². The fraction of sp³-hybridized carbons (Fsp3) is 0.467. The molecule has 1 aliphatic heterocycles. The van der Waals surface area contributed by atoms with E-state index >= 15 is 0 Å². The van der Waals surface area contributed by atoms with Crippen molar-refractivity contribution in [1.29, 1.82) is 0 Å². The van der Waals surface area contributed by atoms with Crippen LogP contribution in [-0.4, -0.2) is 49.4 Å². The topological polar surface area (TPSA) is 61.4 Å². The second kappa shape index (κ2) is 7.05. The third-order valence-corrected chi connectivity index (χ3v) is 3.51. The lowest BCUT2D eigenvalue weighted by molar-refractivity contribution is -0.130. The summed E-state index contributed by atoms with van der Waals surface area (Å²) >= 11 is 0. The van der Waals surface area contributed by atoms with Crippen LogP contribution in [-0.2, 0) is 11.2 Å². The van der Waals surface area contributed by atoms with Crippen LogP contribution in [0, 0.1) is 0 Å². The SMILES string of the molecule is CCc1ccccc1C(=O)NCC(=O)N1CCNCC1. The number of aryl methyl sites for hydroxylation is 1. The number of carbonyl (C=O) groups is 2. The zero-order valence-electron chi connectivity index (χ0n) is 11.8. The number of carbonyl (C=O) groups excluding carboxylic acids is 2. The van der Waals surface area contributed by atoms with E-state index in [2.05, 4.69) is 10.6 Å². The van der Waals surface area contributed by atoms with Gasteiger partial charge in [-0.1, -0.05) is 25.1 Å². The molecule has 2 amide bonds. The Labute approximate surface area is 119 Å². The Balaban J connectivity index is 1.89. The van der Waals surface area contributed by atoms with Crippen molar-refractivity contribution in [3.63, 3.8) is 0 Å². The van der Waals surface area contributed by atoms with Gasteiger partial charge in [-0.15, -0.1) is 0 Å². The highest BCUT2D eigenvalue weighted by Gasteiger charge is 2.17. The standard InChI is InChI=1S/C15H21N3O2/c1-2-12-5-3-4-6-13(12)15(20)17-11-14(19)18-9-7-16-8-10-18/h3-6,16H,2,7-11H2,1H3,(H,17,20). The highest BCUT2D eigenvalue weighted by molar-refractivity contribution is 5.97. The molecule has 0 saturated carbocycles. The highest BCUT2D eigenvalue weighted by Crippen LogP contribution is 2.09. The largest absolute Gasteiger partial charge is 0.343 e. The maximum Gasteiger partial charge on any atom is 0.251 e. The van der Waals surface area contributed by atoms with Crippen LogP contribution in [0.3, 0.4) is 0 Å². The van der Waals surface area contributed by atoms with Gasteiger partial charge in [-0.2, -0.15) is 0 Å². The van der Waals surface area contributed by atoms with E-state index in [9.17, 15) is 9.59 Å². The van der Waals surface area contributed by atoms with E-state index in [0.29, 0.717) is 18.7 Å². The Hall–Kier alpha value is -1.88. The van der Waals surface area contributed by atoms with Gasteiger partial charge in [0.25, 0.3) is 5.91 Å². The Morgan fingerprint density at radius 2 is 1.95 bits per heavy atom. The van der Waals surface area contributed by atoms with Crippen LogP contribution < -0.4 is 10.6 Å². The Morgan fingerprint density at radius 1 is 1.25 bits per heavy atom. The molecule has 2 N–H and O–H groups in total. The van der Waals surface area contributed by atoms with E-state index in [1.807, 2.05) is 25.1 Å². The van der Waals surface area contributed by atoms with Crippen molar-refractivity contribution in [2.45, 2.75) is 13.3 Å². The minimum atomic E-state index is -0.175. The minimum Gasteiger partial charge on any atom is -0.343 e. The fourth-order valence-electron chi connectivity index (χ4n) is 2.33. The summed E-state index contributed by atoms with van der Waals surface area (Å²) in [6, 6.07) is 7.49. The second-order valence-electron chi connectivity index (χ2n) is 4.82. The van der Waals surface area contributed by atoms with Crippen LogP contribution in [0.2, 0.25) is 0 Å². The van der Waals surface area contributed by atoms with Gasteiger partial charge in [0.1, 0.15) is 0 Å². The maximum atomic E-state index is 12.1. The maximum absolute atomic E-state index is 12.1. The van der Waals surface area contributed by atoms with Crippen LogP contribution in [0.5, 0.6) is 0 Å². The predicted octanol–water partition coefficient (Wildman–Crippen LogP) is 0.411. The van der Waals surface area contributed by atoms with E-state index < -0.39 is 0 Å². The molecule has 1 saturated heterocycles. The van der Waals surface area contributed by atoms with Crippen molar-refractivity contribution in [2.75, 3.05) is 32.7 Å². The van der Waals surface area contributed by atoms with Crippen LogP contribution >= 0.6 is 0 Å². The monoisotopic (exact) mass is 275 g/mol. The van der Waals surface area contributed by atoms with Crippen molar-refractivity contribution >= 4 is 11.8 Å². The molecule has 0 aromatic heterocycles. The van der Waals surface area contributed by atoms with Crippen LogP contribution in [0.25, 0.3) is 0 Å². The van der Waals surface area contributed by atoms with Crippen molar-refractivity contribution in [2.24, 2.45) is 0 Å². The van der Waals surface area contributed by atoms with E-state index in [1.54, 1.807) is 11.0 Å². The van der Waals surface area contributed by atoms with Crippen molar-refractivity contribution < 1.29 is 9.59 Å². The molecule has 0 unspecified atom stereocenters. The number of hydrogen-bond acceptors (Lipinski definition) is 3. The van der Waals surface area contributed by atoms with E-state index in [-0.39, 0.29) is 18.4 Å². The number of benzene rings is 1. The van der Waals surface area contributed by atoms with E-state index in [0.717, 1.165) is 25.1 Å². The average molecular weight is 275 g/mol. The number of nitrogens with one attached hydrogen (secondary N) is 2. The van der Waals surface area contributed by atoms with Gasteiger partial charge >= 0.3 is 0 Å². The molecule has 0 spiro atoms. The quantitative estimate of drug-likeness (QED) is 0.837. The predicted molar refractivity (Wildman–Crippen MR) is 77.6 cm³/mol. The molecule has 0 bridgehead atoms. The average Bonchev–Trinajstić information content (AvgIpc) is 2.53. The van der Waals surface area contributed by atoms with Gasteiger partial charge in [-0.25, -0.2) is 0 Å². The fourth-order valence-corrected chi connectivity index (χ4v) is 2.33. The molecule has 1 fully saturated rings. The molecule has 1 aliphatic rings. The summed E-state index contributed by atoms with van der Waals surface area (Å²) < 4.78 is 0. The van der Waals surface area contributed by atoms with Crippen molar-refractivity contribution in [1.82, 2.24) is 15.5 Å². The first kappa shape index (κ1) is 14.5. The third-order valence-electron chi connectivity index (χ3n) is 3.51. The van der Waals surface area contributed by atoms with Crippen molar-refractivity contribution in [3.8, 4) is 0 Å². The molecule has 108 valence electrons. The van der Waals surface area contributed by atoms with E-state index in [4.69, 9.17) is 0 Å². The molecule has 20 heavy (non-hydrogen) atoms. The number of piperazine rings is 1. The summed E-state index contributed by atoms with van der Waals surface area (Å²) in [5.74, 6) is -0.195. The molecule has 0 aliphatic carbocycles. The zero-order chi connectivity index (χ0) is 14.4. The molecule has 1 heterocycles. The summed E-state index contributed by atoms with van der Waals surface area (Å²) in [5, 5.41) is 5.91. The summed E-state index contributed by atoms with van der Waals surface area (Å²) in [6.45, 7) is 5.13. The molecular formula is C15H21N3O2. The highest BCUT2D eigenvalue weighted by atomic mass is 16.2. The van der Waals surface area contributed by atoms with Gasteiger partial charge in [0.2, 0.25) is 5.91 Å². The lowest BCUT2D eigenvalue weighted by Crippen LogP contribution is -2.49. The molecular weight excluding hydrogens is 254 g/mol. The number of rotatable bonds is 4. The normalized spacial score (nSPS) is 14.9. The molecule has 0 radical (unpaired) electrons. The minimum absolute atomic E-state index is 0.0196. The van der Waals surface area contributed by atoms with Gasteiger partial charge in [0.15, 0.2) is 0 Å². The zero-order valence-corrected chi connectivity index (χ0v) is 11.8. The Bertz CT molecular complexity index is 482. The molecule has 2 rings (SSSR count). The summed E-state index contributed by atoms with van der Waals surface area (Å²) in [7, 11) is 0. The smallest absolute Gasteiger partial charge is 0.251 e. The molecule has 5 nitrogen and oxygen atoms in total. The van der Waals surface area contributed by atoms with Gasteiger partial charge in [0.05, 0.1) is 6.54 Å².